The van der Waals surface area contributed by atoms with E-state index >= 15 is 0 Å². The molecule has 0 aliphatic carbocycles. The van der Waals surface area contributed by atoms with Gasteiger partial charge >= 0.3 is 6.18 Å². The van der Waals surface area contributed by atoms with Crippen molar-refractivity contribution in [1.82, 2.24) is 15.2 Å². The number of halogens is 3. The van der Waals surface area contributed by atoms with Crippen molar-refractivity contribution < 1.29 is 18.0 Å². The van der Waals surface area contributed by atoms with Crippen LogP contribution in [0.25, 0.3) is 0 Å². The lowest BCUT2D eigenvalue weighted by Crippen LogP contribution is -2.35. The van der Waals surface area contributed by atoms with Crippen LogP contribution in [0.1, 0.15) is 38.5 Å². The first kappa shape index (κ1) is 19.8. The zero-order chi connectivity index (χ0) is 19.6. The van der Waals surface area contributed by atoms with E-state index in [0.29, 0.717) is 19.0 Å². The summed E-state index contributed by atoms with van der Waals surface area (Å²) in [5.41, 5.74) is 2.00. The van der Waals surface area contributed by atoms with Crippen LogP contribution in [0.5, 0.6) is 0 Å². The molecular weight excluding hydrogens is 375 g/mol. The van der Waals surface area contributed by atoms with Crippen LogP contribution in [0.2, 0.25) is 0 Å². The van der Waals surface area contributed by atoms with Gasteiger partial charge in [0.15, 0.2) is 0 Å². The smallest absolute Gasteiger partial charge is 0.333 e. The maximum Gasteiger partial charge on any atom is 0.416 e. The number of hydrogen-bond donors (Lipinski definition) is 1. The van der Waals surface area contributed by atoms with Gasteiger partial charge in [0.05, 0.1) is 23.3 Å². The molecule has 1 fully saturated rings. The van der Waals surface area contributed by atoms with Crippen LogP contribution in [0.3, 0.4) is 0 Å². The normalized spacial score (nSPS) is 17.3. The van der Waals surface area contributed by atoms with Crippen molar-refractivity contribution in [1.29, 1.82) is 0 Å². The highest BCUT2D eigenvalue weighted by Gasteiger charge is 2.33. The maximum atomic E-state index is 13.2. The quantitative estimate of drug-likeness (QED) is 0.829. The summed E-state index contributed by atoms with van der Waals surface area (Å²) in [6.45, 7) is 5.86. The van der Waals surface area contributed by atoms with Crippen molar-refractivity contribution in [2.75, 3.05) is 19.6 Å². The van der Waals surface area contributed by atoms with Gasteiger partial charge < -0.3 is 10.2 Å². The fourth-order valence-corrected chi connectivity index (χ4v) is 4.09. The Bertz CT molecular complexity index is 813. The van der Waals surface area contributed by atoms with Crippen molar-refractivity contribution in [3.8, 4) is 0 Å². The Labute approximate surface area is 160 Å². The molecule has 1 saturated heterocycles. The summed E-state index contributed by atoms with van der Waals surface area (Å²) in [4.78, 5) is 19.9. The van der Waals surface area contributed by atoms with E-state index < -0.39 is 11.7 Å². The number of carbonyl (C=O) groups is 1. The van der Waals surface area contributed by atoms with Gasteiger partial charge in [0.2, 0.25) is 0 Å². The van der Waals surface area contributed by atoms with E-state index in [1.54, 1.807) is 10.4 Å². The van der Waals surface area contributed by atoms with Crippen LogP contribution < -0.4 is 5.32 Å². The fourth-order valence-electron chi connectivity index (χ4n) is 3.30. The van der Waals surface area contributed by atoms with E-state index in [2.05, 4.69) is 10.3 Å². The lowest BCUT2D eigenvalue weighted by atomic mass is 10.0. The molecule has 4 nitrogen and oxygen atoms in total. The predicted octanol–water partition coefficient (Wildman–Crippen LogP) is 4.03. The Hall–Kier alpha value is -1.93. The van der Waals surface area contributed by atoms with Crippen LogP contribution in [0.15, 0.2) is 23.7 Å². The summed E-state index contributed by atoms with van der Waals surface area (Å²) < 4.78 is 39.7. The number of nitrogens with zero attached hydrogens (tertiary/aromatic N) is 2. The standard InChI is InChI=1S/C19H22F3N3OS/c1-12-3-4-15(7-16(12)19(20,21)22)18(26)25(9-14-5-6-23-8-14)10-17-13(2)24-11-27-17/h3-4,7,11,14,23H,5-6,8-10H2,1-2H3. The SMILES string of the molecule is Cc1ccc(C(=O)N(Cc2scnc2C)CC2CCNC2)cc1C(F)(F)F. The van der Waals surface area contributed by atoms with Crippen LogP contribution in [0, 0.1) is 19.8 Å². The minimum atomic E-state index is -4.48. The highest BCUT2D eigenvalue weighted by atomic mass is 32.1. The zero-order valence-corrected chi connectivity index (χ0v) is 16.1. The highest BCUT2D eigenvalue weighted by Crippen LogP contribution is 2.33. The van der Waals surface area contributed by atoms with Gasteiger partial charge in [-0.05, 0) is 57.0 Å². The minimum absolute atomic E-state index is 0.0704. The van der Waals surface area contributed by atoms with Gasteiger partial charge in [-0.25, -0.2) is 4.98 Å². The van der Waals surface area contributed by atoms with Crippen LogP contribution in [-0.4, -0.2) is 35.4 Å². The second kappa shape index (κ2) is 7.98. The monoisotopic (exact) mass is 397 g/mol. The summed E-state index contributed by atoms with van der Waals surface area (Å²) in [7, 11) is 0. The number of carbonyl (C=O) groups excluding carboxylic acids is 1. The van der Waals surface area contributed by atoms with Gasteiger partial charge in [-0.15, -0.1) is 11.3 Å². The third-order valence-corrected chi connectivity index (χ3v) is 5.82. The molecule has 1 aromatic carbocycles. The predicted molar refractivity (Wildman–Crippen MR) is 98.7 cm³/mol. The number of alkyl halides is 3. The maximum absolute atomic E-state index is 13.2. The molecule has 0 bridgehead atoms. The molecule has 0 spiro atoms. The Morgan fingerprint density at radius 2 is 2.15 bits per heavy atom. The lowest BCUT2D eigenvalue weighted by molar-refractivity contribution is -0.138. The van der Waals surface area contributed by atoms with Gasteiger partial charge in [0, 0.05) is 17.0 Å². The average molecular weight is 397 g/mol. The molecule has 1 aliphatic rings. The first-order valence-corrected chi connectivity index (χ1v) is 9.70. The van der Waals surface area contributed by atoms with Crippen molar-refractivity contribution in [2.24, 2.45) is 5.92 Å². The van der Waals surface area contributed by atoms with E-state index in [4.69, 9.17) is 0 Å². The Kier molecular flexibility index (Phi) is 5.86. The number of thiazole rings is 1. The molecule has 1 atom stereocenters. The number of rotatable bonds is 5. The molecule has 3 rings (SSSR count). The highest BCUT2D eigenvalue weighted by molar-refractivity contribution is 7.09. The Morgan fingerprint density at radius 3 is 2.74 bits per heavy atom. The van der Waals surface area contributed by atoms with Crippen molar-refractivity contribution >= 4 is 17.2 Å². The molecule has 2 heterocycles. The van der Waals surface area contributed by atoms with E-state index in [-0.39, 0.29) is 17.0 Å². The lowest BCUT2D eigenvalue weighted by Gasteiger charge is -2.26. The van der Waals surface area contributed by atoms with Crippen molar-refractivity contribution in [3.63, 3.8) is 0 Å². The van der Waals surface area contributed by atoms with Crippen molar-refractivity contribution in [3.05, 3.63) is 51.0 Å². The summed E-state index contributed by atoms with van der Waals surface area (Å²) in [5.74, 6) is -0.0742. The van der Waals surface area contributed by atoms with Crippen LogP contribution in [-0.2, 0) is 12.7 Å². The Morgan fingerprint density at radius 1 is 1.37 bits per heavy atom. The summed E-state index contributed by atoms with van der Waals surface area (Å²) in [5, 5.41) is 3.27. The number of nitrogens with one attached hydrogen (secondary N) is 1. The number of amides is 1. The van der Waals surface area contributed by atoms with Crippen LogP contribution >= 0.6 is 11.3 Å². The third-order valence-electron chi connectivity index (χ3n) is 4.90. The summed E-state index contributed by atoms with van der Waals surface area (Å²) in [6.07, 6.45) is -3.53. The van der Waals surface area contributed by atoms with Gasteiger partial charge in [-0.2, -0.15) is 13.2 Å². The van der Waals surface area contributed by atoms with Gasteiger partial charge in [0.1, 0.15) is 0 Å². The molecule has 0 saturated carbocycles. The zero-order valence-electron chi connectivity index (χ0n) is 15.3. The molecule has 146 valence electrons. The Balaban J connectivity index is 1.88. The van der Waals surface area contributed by atoms with E-state index in [1.165, 1.54) is 30.4 Å². The van der Waals surface area contributed by atoms with Crippen LogP contribution in [0.4, 0.5) is 13.2 Å². The van der Waals surface area contributed by atoms with Crippen molar-refractivity contribution in [2.45, 2.75) is 33.0 Å². The first-order chi connectivity index (χ1) is 12.8. The second-order valence-electron chi connectivity index (χ2n) is 6.93. The number of aromatic nitrogens is 1. The second-order valence-corrected chi connectivity index (χ2v) is 7.87. The largest absolute Gasteiger partial charge is 0.416 e. The molecular formula is C19H22F3N3OS. The molecule has 1 aliphatic heterocycles. The van der Waals surface area contributed by atoms with Gasteiger partial charge in [0.25, 0.3) is 5.91 Å². The molecule has 1 amide bonds. The average Bonchev–Trinajstić information content (AvgIpc) is 3.25. The number of hydrogen-bond acceptors (Lipinski definition) is 4. The first-order valence-electron chi connectivity index (χ1n) is 8.82. The molecule has 1 aromatic heterocycles. The molecule has 1 unspecified atom stereocenters. The molecule has 0 radical (unpaired) electrons. The van der Waals surface area contributed by atoms with E-state index in [0.717, 1.165) is 36.1 Å². The topological polar surface area (TPSA) is 45.2 Å². The molecule has 1 N–H and O–H groups in total. The molecule has 2 aromatic rings. The number of aryl methyl sites for hydroxylation is 2. The van der Waals surface area contributed by atoms with E-state index in [1.807, 2.05) is 6.92 Å². The minimum Gasteiger partial charge on any atom is -0.333 e. The van der Waals surface area contributed by atoms with E-state index in [9.17, 15) is 18.0 Å². The summed E-state index contributed by atoms with van der Waals surface area (Å²) in [6, 6.07) is 3.81. The number of benzene rings is 1. The van der Waals surface area contributed by atoms with Gasteiger partial charge in [-0.3, -0.25) is 4.79 Å². The molecule has 27 heavy (non-hydrogen) atoms. The fraction of sp³-hybridized carbons (Fsp3) is 0.474. The third kappa shape index (κ3) is 4.68. The molecule has 8 heteroatoms. The van der Waals surface area contributed by atoms with Gasteiger partial charge in [-0.1, -0.05) is 6.07 Å². The summed E-state index contributed by atoms with van der Waals surface area (Å²) >= 11 is 1.46.